The maximum absolute atomic E-state index is 12.7. The van der Waals surface area contributed by atoms with E-state index in [4.69, 9.17) is 4.74 Å². The van der Waals surface area contributed by atoms with Gasteiger partial charge in [0.05, 0.1) is 10.8 Å². The summed E-state index contributed by atoms with van der Waals surface area (Å²) in [5.74, 6) is -0.635. The number of sulfonamides is 1. The second kappa shape index (κ2) is 8.39. The third-order valence-electron chi connectivity index (χ3n) is 5.28. The molecule has 0 spiro atoms. The lowest BCUT2D eigenvalue weighted by Crippen LogP contribution is -2.51. The van der Waals surface area contributed by atoms with Crippen LogP contribution in [0.1, 0.15) is 31.2 Å². The fraction of sp³-hybridized carbons (Fsp3) is 0.579. The summed E-state index contributed by atoms with van der Waals surface area (Å²) in [4.78, 5) is 26.0. The van der Waals surface area contributed by atoms with Gasteiger partial charge in [0.15, 0.2) is 6.61 Å². The second-order valence-corrected chi connectivity index (χ2v) is 9.12. The average molecular weight is 394 g/mol. The molecule has 3 rings (SSSR count). The lowest BCUT2D eigenvalue weighted by atomic mass is 10.1. The smallest absolute Gasteiger partial charge is 0.309 e. The minimum absolute atomic E-state index is 0.0747. The van der Waals surface area contributed by atoms with Crippen molar-refractivity contribution in [1.29, 1.82) is 0 Å². The summed E-state index contributed by atoms with van der Waals surface area (Å²) in [5, 5.41) is 0. The molecule has 0 aromatic heterocycles. The van der Waals surface area contributed by atoms with E-state index in [0.29, 0.717) is 13.1 Å². The number of benzene rings is 1. The van der Waals surface area contributed by atoms with E-state index in [9.17, 15) is 18.0 Å². The number of aryl methyl sites for hydroxylation is 1. The Morgan fingerprint density at radius 2 is 1.63 bits per heavy atom. The van der Waals surface area contributed by atoms with Crippen LogP contribution in [0.15, 0.2) is 29.2 Å². The van der Waals surface area contributed by atoms with Gasteiger partial charge < -0.3 is 9.64 Å². The van der Waals surface area contributed by atoms with Crippen molar-refractivity contribution in [3.63, 3.8) is 0 Å². The van der Waals surface area contributed by atoms with Crippen molar-refractivity contribution in [3.8, 4) is 0 Å². The first kappa shape index (κ1) is 19.8. The zero-order chi connectivity index (χ0) is 19.4. The molecule has 148 valence electrons. The second-order valence-electron chi connectivity index (χ2n) is 7.19. The van der Waals surface area contributed by atoms with Crippen LogP contribution in [0.25, 0.3) is 0 Å². The Kier molecular flexibility index (Phi) is 6.16. The fourth-order valence-corrected chi connectivity index (χ4v) is 4.96. The lowest BCUT2D eigenvalue weighted by molar-refractivity contribution is -0.155. The van der Waals surface area contributed by atoms with Gasteiger partial charge in [0.1, 0.15) is 0 Å². The Morgan fingerprint density at radius 1 is 1.04 bits per heavy atom. The number of carbonyl (C=O) groups is 2. The van der Waals surface area contributed by atoms with Crippen LogP contribution in [-0.4, -0.2) is 62.3 Å². The molecule has 1 aromatic carbocycles. The molecule has 1 saturated heterocycles. The molecule has 1 aromatic rings. The summed E-state index contributed by atoms with van der Waals surface area (Å²) in [5.41, 5.74) is 0.997. The van der Waals surface area contributed by atoms with Gasteiger partial charge in [0.25, 0.3) is 5.91 Å². The zero-order valence-corrected chi connectivity index (χ0v) is 16.4. The van der Waals surface area contributed by atoms with Crippen molar-refractivity contribution in [1.82, 2.24) is 9.21 Å². The number of esters is 1. The Balaban J connectivity index is 1.49. The number of rotatable bonds is 5. The molecule has 1 aliphatic carbocycles. The number of carbonyl (C=O) groups excluding carboxylic acids is 2. The molecule has 1 aliphatic heterocycles. The highest BCUT2D eigenvalue weighted by atomic mass is 32.2. The molecule has 0 atom stereocenters. The molecule has 7 nitrogen and oxygen atoms in total. The summed E-state index contributed by atoms with van der Waals surface area (Å²) in [6.45, 7) is 2.70. The number of amides is 1. The standard InChI is InChI=1S/C19H26N2O5S/c1-15-6-8-17(9-7-15)27(24,25)21-12-10-20(11-13-21)18(22)14-26-19(23)16-4-2-3-5-16/h6-9,16H,2-5,10-14H2,1H3. The van der Waals surface area contributed by atoms with Crippen molar-refractivity contribution in [2.75, 3.05) is 32.8 Å². The van der Waals surface area contributed by atoms with Crippen LogP contribution in [0.4, 0.5) is 0 Å². The maximum atomic E-state index is 12.7. The van der Waals surface area contributed by atoms with Crippen molar-refractivity contribution >= 4 is 21.9 Å². The van der Waals surface area contributed by atoms with Crippen LogP contribution >= 0.6 is 0 Å². The van der Waals surface area contributed by atoms with E-state index in [0.717, 1.165) is 31.2 Å². The Morgan fingerprint density at radius 3 is 2.22 bits per heavy atom. The molecule has 0 radical (unpaired) electrons. The first-order valence-corrected chi connectivity index (χ1v) is 10.8. The highest BCUT2D eigenvalue weighted by Crippen LogP contribution is 2.25. The summed E-state index contributed by atoms with van der Waals surface area (Å²) in [6.07, 6.45) is 3.74. The van der Waals surface area contributed by atoms with Crippen molar-refractivity contribution in [3.05, 3.63) is 29.8 Å². The van der Waals surface area contributed by atoms with E-state index in [1.807, 2.05) is 6.92 Å². The predicted molar refractivity (Wildman–Crippen MR) is 99.4 cm³/mol. The summed E-state index contributed by atoms with van der Waals surface area (Å²) in [7, 11) is -3.55. The third-order valence-corrected chi connectivity index (χ3v) is 7.19. The Bertz CT molecular complexity index is 777. The Labute approximate surface area is 160 Å². The van der Waals surface area contributed by atoms with Crippen molar-refractivity contribution < 1.29 is 22.7 Å². The minimum atomic E-state index is -3.55. The topological polar surface area (TPSA) is 84.0 Å². The molecular weight excluding hydrogens is 368 g/mol. The summed E-state index contributed by atoms with van der Waals surface area (Å²) >= 11 is 0. The van der Waals surface area contributed by atoms with Crippen LogP contribution in [0.5, 0.6) is 0 Å². The van der Waals surface area contributed by atoms with E-state index < -0.39 is 10.0 Å². The molecular formula is C19H26N2O5S. The van der Waals surface area contributed by atoms with E-state index in [2.05, 4.69) is 0 Å². The number of ether oxygens (including phenoxy) is 1. The average Bonchev–Trinajstić information content (AvgIpc) is 3.21. The summed E-state index contributed by atoms with van der Waals surface area (Å²) < 4.78 is 31.9. The highest BCUT2D eigenvalue weighted by Gasteiger charge is 2.31. The Hall–Kier alpha value is -1.93. The van der Waals surface area contributed by atoms with E-state index in [-0.39, 0.29) is 42.4 Å². The first-order valence-electron chi connectivity index (χ1n) is 9.39. The number of piperazine rings is 1. The lowest BCUT2D eigenvalue weighted by Gasteiger charge is -2.34. The van der Waals surface area contributed by atoms with Crippen LogP contribution in [0.2, 0.25) is 0 Å². The monoisotopic (exact) mass is 394 g/mol. The number of hydrogen-bond donors (Lipinski definition) is 0. The molecule has 1 heterocycles. The van der Waals surface area contributed by atoms with E-state index in [1.165, 1.54) is 4.31 Å². The molecule has 0 N–H and O–H groups in total. The van der Waals surface area contributed by atoms with Crippen molar-refractivity contribution in [2.24, 2.45) is 5.92 Å². The molecule has 1 amide bonds. The quantitative estimate of drug-likeness (QED) is 0.708. The first-order chi connectivity index (χ1) is 12.9. The zero-order valence-electron chi connectivity index (χ0n) is 15.6. The molecule has 2 aliphatic rings. The molecule has 8 heteroatoms. The molecule has 0 unspecified atom stereocenters. The maximum Gasteiger partial charge on any atom is 0.309 e. The van der Waals surface area contributed by atoms with Gasteiger partial charge in [0, 0.05) is 26.2 Å². The van der Waals surface area contributed by atoms with Gasteiger partial charge in [-0.05, 0) is 31.9 Å². The minimum Gasteiger partial charge on any atom is -0.455 e. The van der Waals surface area contributed by atoms with E-state index in [1.54, 1.807) is 29.2 Å². The van der Waals surface area contributed by atoms with Crippen LogP contribution in [0.3, 0.4) is 0 Å². The highest BCUT2D eigenvalue weighted by molar-refractivity contribution is 7.89. The van der Waals surface area contributed by atoms with Crippen LogP contribution < -0.4 is 0 Å². The van der Waals surface area contributed by atoms with Gasteiger partial charge in [-0.3, -0.25) is 9.59 Å². The molecule has 1 saturated carbocycles. The SMILES string of the molecule is Cc1ccc(S(=O)(=O)N2CCN(C(=O)COC(=O)C3CCCC3)CC2)cc1. The van der Waals surface area contributed by atoms with Crippen LogP contribution in [0, 0.1) is 12.8 Å². The van der Waals surface area contributed by atoms with Crippen molar-refractivity contribution in [2.45, 2.75) is 37.5 Å². The molecule has 2 fully saturated rings. The van der Waals surface area contributed by atoms with E-state index >= 15 is 0 Å². The largest absolute Gasteiger partial charge is 0.455 e. The molecule has 0 bridgehead atoms. The number of nitrogens with zero attached hydrogens (tertiary/aromatic N) is 2. The number of hydrogen-bond acceptors (Lipinski definition) is 5. The van der Waals surface area contributed by atoms with Crippen LogP contribution in [-0.2, 0) is 24.3 Å². The fourth-order valence-electron chi connectivity index (χ4n) is 3.54. The summed E-state index contributed by atoms with van der Waals surface area (Å²) in [6, 6.07) is 6.74. The van der Waals surface area contributed by atoms with Gasteiger partial charge in [-0.25, -0.2) is 8.42 Å². The normalized spacial score (nSPS) is 19.2. The third kappa shape index (κ3) is 4.68. The predicted octanol–water partition coefficient (Wildman–Crippen LogP) is 1.56. The molecule has 27 heavy (non-hydrogen) atoms. The van der Waals surface area contributed by atoms with Gasteiger partial charge >= 0.3 is 5.97 Å². The van der Waals surface area contributed by atoms with Gasteiger partial charge in [-0.1, -0.05) is 30.5 Å². The van der Waals surface area contributed by atoms with Gasteiger partial charge in [0.2, 0.25) is 10.0 Å². The van der Waals surface area contributed by atoms with Gasteiger partial charge in [-0.15, -0.1) is 0 Å². The van der Waals surface area contributed by atoms with Gasteiger partial charge in [-0.2, -0.15) is 4.31 Å².